The normalized spacial score (nSPS) is 10.7. The number of methoxy groups -OCH3 is 1. The Morgan fingerprint density at radius 1 is 0.720 bits per heavy atom. The summed E-state index contributed by atoms with van der Waals surface area (Å²) in [7, 11) is 1.78. The molecule has 0 fully saturated rings. The predicted molar refractivity (Wildman–Crippen MR) is 107 cm³/mol. The minimum Gasteiger partial charge on any atom is -0.496 e. The molecule has 3 rings (SSSR count). The molecule has 1 heteroatoms. The Hall–Kier alpha value is -2.54. The summed E-state index contributed by atoms with van der Waals surface area (Å²) < 4.78 is 5.90. The van der Waals surface area contributed by atoms with Crippen LogP contribution in [0.2, 0.25) is 0 Å². The Kier molecular flexibility index (Phi) is 5.23. The quantitative estimate of drug-likeness (QED) is 0.512. The van der Waals surface area contributed by atoms with Crippen LogP contribution in [-0.4, -0.2) is 7.11 Å². The van der Waals surface area contributed by atoms with Gasteiger partial charge in [0.2, 0.25) is 0 Å². The zero-order chi connectivity index (χ0) is 17.8. The third-order valence-electron chi connectivity index (χ3n) is 4.67. The van der Waals surface area contributed by atoms with E-state index < -0.39 is 0 Å². The lowest BCUT2D eigenvalue weighted by atomic mass is 9.90. The van der Waals surface area contributed by atoms with Crippen LogP contribution in [0.25, 0.3) is 22.3 Å². The van der Waals surface area contributed by atoms with E-state index in [4.69, 9.17) is 4.74 Å². The number of aryl methyl sites for hydroxylation is 3. The molecule has 1 nitrogen and oxygen atoms in total. The van der Waals surface area contributed by atoms with Crippen molar-refractivity contribution in [3.63, 3.8) is 0 Å². The first kappa shape index (κ1) is 17.3. The van der Waals surface area contributed by atoms with Gasteiger partial charge in [-0.15, -0.1) is 0 Å². The molecule has 0 radical (unpaired) electrons. The number of benzene rings is 3. The Bertz CT molecular complexity index is 843. The zero-order valence-corrected chi connectivity index (χ0v) is 15.6. The highest BCUT2D eigenvalue weighted by Gasteiger charge is 2.17. The standard InChI is InChI=1S/C24H26O/c1-5-6-21-15-16-22(19-11-7-17(2)8-12-19)23(24(21)25-4)20-13-9-18(3)10-14-20/h7-16H,5-6H2,1-4H3. The molecule has 0 bridgehead atoms. The van der Waals surface area contributed by atoms with Crippen molar-refractivity contribution in [2.75, 3.05) is 7.11 Å². The van der Waals surface area contributed by atoms with Crippen LogP contribution in [0.1, 0.15) is 30.0 Å². The van der Waals surface area contributed by atoms with Gasteiger partial charge in [0, 0.05) is 5.56 Å². The summed E-state index contributed by atoms with van der Waals surface area (Å²) >= 11 is 0. The lowest BCUT2D eigenvalue weighted by Crippen LogP contribution is -1.98. The first-order valence-electron chi connectivity index (χ1n) is 8.98. The fourth-order valence-corrected chi connectivity index (χ4v) is 3.31. The smallest absolute Gasteiger partial charge is 0.130 e. The second-order valence-electron chi connectivity index (χ2n) is 6.66. The third-order valence-corrected chi connectivity index (χ3v) is 4.67. The second-order valence-corrected chi connectivity index (χ2v) is 6.66. The third kappa shape index (κ3) is 3.61. The van der Waals surface area contributed by atoms with Gasteiger partial charge in [0.1, 0.15) is 5.75 Å². The van der Waals surface area contributed by atoms with Crippen LogP contribution in [0.3, 0.4) is 0 Å². The molecular formula is C24H26O. The van der Waals surface area contributed by atoms with E-state index in [9.17, 15) is 0 Å². The van der Waals surface area contributed by atoms with Gasteiger partial charge in [-0.05, 0) is 42.5 Å². The van der Waals surface area contributed by atoms with E-state index in [-0.39, 0.29) is 0 Å². The van der Waals surface area contributed by atoms with Crippen LogP contribution in [0.4, 0.5) is 0 Å². The van der Waals surface area contributed by atoms with Crippen molar-refractivity contribution >= 4 is 0 Å². The molecule has 0 heterocycles. The van der Waals surface area contributed by atoms with Crippen LogP contribution in [-0.2, 0) is 6.42 Å². The summed E-state index contributed by atoms with van der Waals surface area (Å²) in [5, 5.41) is 0. The van der Waals surface area contributed by atoms with Gasteiger partial charge in [-0.1, -0.05) is 85.1 Å². The van der Waals surface area contributed by atoms with Crippen LogP contribution >= 0.6 is 0 Å². The molecule has 0 saturated heterocycles. The monoisotopic (exact) mass is 330 g/mol. The maximum absolute atomic E-state index is 5.90. The van der Waals surface area contributed by atoms with Gasteiger partial charge < -0.3 is 4.74 Å². The van der Waals surface area contributed by atoms with E-state index in [1.54, 1.807) is 7.11 Å². The molecule has 25 heavy (non-hydrogen) atoms. The van der Waals surface area contributed by atoms with Crippen molar-refractivity contribution in [3.8, 4) is 28.0 Å². The van der Waals surface area contributed by atoms with Gasteiger partial charge >= 0.3 is 0 Å². The van der Waals surface area contributed by atoms with E-state index in [1.165, 1.54) is 38.9 Å². The van der Waals surface area contributed by atoms with Crippen molar-refractivity contribution in [3.05, 3.63) is 77.4 Å². The van der Waals surface area contributed by atoms with Crippen LogP contribution in [0.5, 0.6) is 5.75 Å². The van der Waals surface area contributed by atoms with Crippen LogP contribution < -0.4 is 4.74 Å². The molecular weight excluding hydrogens is 304 g/mol. The number of hydrogen-bond acceptors (Lipinski definition) is 1. The highest BCUT2D eigenvalue weighted by atomic mass is 16.5. The van der Waals surface area contributed by atoms with Gasteiger partial charge in [0.25, 0.3) is 0 Å². The highest BCUT2D eigenvalue weighted by molar-refractivity contribution is 5.88. The number of ether oxygens (including phenoxy) is 1. The summed E-state index contributed by atoms with van der Waals surface area (Å²) in [5.74, 6) is 1.00. The maximum atomic E-state index is 5.90. The first-order chi connectivity index (χ1) is 12.1. The average molecular weight is 330 g/mol. The minimum absolute atomic E-state index is 1.00. The van der Waals surface area contributed by atoms with Gasteiger partial charge in [0.05, 0.1) is 7.11 Å². The Balaban J connectivity index is 2.27. The molecule has 0 aromatic heterocycles. The molecule has 3 aromatic carbocycles. The predicted octanol–water partition coefficient (Wildman–Crippen LogP) is 6.60. The van der Waals surface area contributed by atoms with Crippen molar-refractivity contribution in [2.45, 2.75) is 33.6 Å². The molecule has 0 amide bonds. The summed E-state index contributed by atoms with van der Waals surface area (Å²) in [6.07, 6.45) is 2.13. The Morgan fingerprint density at radius 3 is 1.80 bits per heavy atom. The molecule has 0 N–H and O–H groups in total. The van der Waals surface area contributed by atoms with E-state index in [2.05, 4.69) is 81.4 Å². The number of rotatable bonds is 5. The molecule has 3 aromatic rings. The summed E-state index contributed by atoms with van der Waals surface area (Å²) in [4.78, 5) is 0. The van der Waals surface area contributed by atoms with E-state index in [0.717, 1.165) is 18.6 Å². The fraction of sp³-hybridized carbons (Fsp3) is 0.250. The van der Waals surface area contributed by atoms with E-state index >= 15 is 0 Å². The summed E-state index contributed by atoms with van der Waals surface area (Å²) in [5.41, 5.74) is 8.66. The van der Waals surface area contributed by atoms with Gasteiger partial charge in [-0.25, -0.2) is 0 Å². The average Bonchev–Trinajstić information content (AvgIpc) is 2.63. The maximum Gasteiger partial charge on any atom is 0.130 e. The Morgan fingerprint density at radius 2 is 1.28 bits per heavy atom. The second kappa shape index (κ2) is 7.57. The van der Waals surface area contributed by atoms with Crippen molar-refractivity contribution in [1.29, 1.82) is 0 Å². The zero-order valence-electron chi connectivity index (χ0n) is 15.6. The Labute approximate surface area is 151 Å². The van der Waals surface area contributed by atoms with Crippen molar-refractivity contribution in [1.82, 2.24) is 0 Å². The minimum atomic E-state index is 1.00. The molecule has 0 aliphatic carbocycles. The van der Waals surface area contributed by atoms with Gasteiger partial charge in [-0.2, -0.15) is 0 Å². The summed E-state index contributed by atoms with van der Waals surface area (Å²) in [6, 6.07) is 21.9. The molecule has 0 spiro atoms. The van der Waals surface area contributed by atoms with E-state index in [0.29, 0.717) is 0 Å². The van der Waals surface area contributed by atoms with E-state index in [1.807, 2.05) is 0 Å². The highest BCUT2D eigenvalue weighted by Crippen LogP contribution is 2.42. The first-order valence-corrected chi connectivity index (χ1v) is 8.98. The largest absolute Gasteiger partial charge is 0.496 e. The van der Waals surface area contributed by atoms with Gasteiger partial charge in [0.15, 0.2) is 0 Å². The molecule has 0 aliphatic rings. The molecule has 128 valence electrons. The molecule has 0 aliphatic heterocycles. The van der Waals surface area contributed by atoms with Crippen molar-refractivity contribution in [2.24, 2.45) is 0 Å². The van der Waals surface area contributed by atoms with Gasteiger partial charge in [-0.3, -0.25) is 0 Å². The fourth-order valence-electron chi connectivity index (χ4n) is 3.31. The SMILES string of the molecule is CCCc1ccc(-c2ccc(C)cc2)c(-c2ccc(C)cc2)c1OC. The van der Waals surface area contributed by atoms with Crippen molar-refractivity contribution < 1.29 is 4.74 Å². The lowest BCUT2D eigenvalue weighted by molar-refractivity contribution is 0.411. The molecule has 0 saturated carbocycles. The topological polar surface area (TPSA) is 9.23 Å². The molecule has 0 unspecified atom stereocenters. The summed E-state index contributed by atoms with van der Waals surface area (Å²) in [6.45, 7) is 6.45. The van der Waals surface area contributed by atoms with Crippen LogP contribution in [0.15, 0.2) is 60.7 Å². The lowest BCUT2D eigenvalue weighted by Gasteiger charge is -2.18. The van der Waals surface area contributed by atoms with Crippen LogP contribution in [0, 0.1) is 13.8 Å². The number of hydrogen-bond donors (Lipinski definition) is 0. The molecule has 0 atom stereocenters.